The number of benzene rings is 1. The van der Waals surface area contributed by atoms with Gasteiger partial charge in [-0.25, -0.2) is 9.97 Å². The van der Waals surface area contributed by atoms with Gasteiger partial charge in [0.2, 0.25) is 0 Å². The number of hydrogen-bond acceptors (Lipinski definition) is 5. The summed E-state index contributed by atoms with van der Waals surface area (Å²) in [5, 5.41) is 3.37. The van der Waals surface area contributed by atoms with E-state index in [1.165, 1.54) is 10.9 Å². The van der Waals surface area contributed by atoms with Crippen LogP contribution in [0.15, 0.2) is 34.7 Å². The molecule has 124 valence electrons. The highest BCUT2D eigenvalue weighted by atomic mass is 32.1. The average molecular weight is 342 g/mol. The van der Waals surface area contributed by atoms with Gasteiger partial charge in [-0.3, -0.25) is 9.59 Å². The van der Waals surface area contributed by atoms with Gasteiger partial charge in [-0.1, -0.05) is 0 Å². The van der Waals surface area contributed by atoms with Gasteiger partial charge in [0.1, 0.15) is 5.01 Å². The van der Waals surface area contributed by atoms with Gasteiger partial charge in [-0.05, 0) is 32.0 Å². The first-order valence-corrected chi connectivity index (χ1v) is 8.41. The number of amides is 1. The standard InChI is InChI=1S/C17H18N4O2S/c1-10-8-24-15(19-10)11(2)21(4)16(22)12-5-6-13-14(7-12)18-9-20(3)17(13)23/h5-9,11H,1-4H3/t11-/m0/s1. The molecule has 3 aromatic rings. The number of carbonyl (C=O) groups is 1. The third kappa shape index (κ3) is 2.82. The summed E-state index contributed by atoms with van der Waals surface area (Å²) < 4.78 is 1.42. The Labute approximate surface area is 143 Å². The van der Waals surface area contributed by atoms with E-state index in [0.29, 0.717) is 16.5 Å². The number of rotatable bonds is 3. The lowest BCUT2D eigenvalue weighted by molar-refractivity contribution is 0.0742. The fourth-order valence-electron chi connectivity index (χ4n) is 2.45. The summed E-state index contributed by atoms with van der Waals surface area (Å²) >= 11 is 1.54. The van der Waals surface area contributed by atoms with Crippen molar-refractivity contribution in [2.75, 3.05) is 7.05 Å². The van der Waals surface area contributed by atoms with Crippen LogP contribution < -0.4 is 5.56 Å². The molecule has 0 aliphatic heterocycles. The molecule has 0 aliphatic rings. The monoisotopic (exact) mass is 342 g/mol. The quantitative estimate of drug-likeness (QED) is 0.733. The van der Waals surface area contributed by atoms with Gasteiger partial charge >= 0.3 is 0 Å². The Morgan fingerprint density at radius 3 is 2.79 bits per heavy atom. The van der Waals surface area contributed by atoms with Crippen molar-refractivity contribution in [2.45, 2.75) is 19.9 Å². The Morgan fingerprint density at radius 1 is 1.38 bits per heavy atom. The fourth-order valence-corrected chi connectivity index (χ4v) is 3.35. The first-order valence-electron chi connectivity index (χ1n) is 7.53. The minimum Gasteiger partial charge on any atom is -0.333 e. The van der Waals surface area contributed by atoms with Crippen molar-refractivity contribution in [3.8, 4) is 0 Å². The lowest BCUT2D eigenvalue weighted by atomic mass is 10.1. The highest BCUT2D eigenvalue weighted by molar-refractivity contribution is 7.09. The normalized spacial score (nSPS) is 12.3. The van der Waals surface area contributed by atoms with E-state index < -0.39 is 0 Å². The molecule has 0 bridgehead atoms. The van der Waals surface area contributed by atoms with E-state index in [4.69, 9.17) is 0 Å². The molecule has 1 amide bonds. The molecule has 2 heterocycles. The molecule has 0 N–H and O–H groups in total. The second-order valence-corrected chi connectivity index (χ2v) is 6.70. The maximum absolute atomic E-state index is 12.8. The SMILES string of the molecule is Cc1csc([C@H](C)N(C)C(=O)c2ccc3c(=O)n(C)cnc3c2)n1. The number of fused-ring (bicyclic) bond motifs is 1. The number of thiazole rings is 1. The van der Waals surface area contributed by atoms with Crippen LogP contribution in [0.3, 0.4) is 0 Å². The summed E-state index contributed by atoms with van der Waals surface area (Å²) in [7, 11) is 3.41. The van der Waals surface area contributed by atoms with Crippen LogP contribution in [0, 0.1) is 6.92 Å². The second-order valence-electron chi connectivity index (χ2n) is 5.81. The molecule has 0 saturated carbocycles. The molecule has 0 saturated heterocycles. The van der Waals surface area contributed by atoms with E-state index in [2.05, 4.69) is 9.97 Å². The van der Waals surface area contributed by atoms with Crippen molar-refractivity contribution in [1.29, 1.82) is 0 Å². The van der Waals surface area contributed by atoms with Gasteiger partial charge in [0, 0.05) is 30.7 Å². The molecule has 24 heavy (non-hydrogen) atoms. The Hall–Kier alpha value is -2.54. The van der Waals surface area contributed by atoms with Gasteiger partial charge < -0.3 is 9.47 Å². The molecule has 2 aromatic heterocycles. The van der Waals surface area contributed by atoms with Gasteiger partial charge in [0.05, 0.1) is 23.3 Å². The minimum absolute atomic E-state index is 0.122. The Morgan fingerprint density at radius 2 is 2.12 bits per heavy atom. The summed E-state index contributed by atoms with van der Waals surface area (Å²) in [5.41, 5.74) is 1.86. The molecule has 0 fully saturated rings. The highest BCUT2D eigenvalue weighted by Gasteiger charge is 2.21. The lowest BCUT2D eigenvalue weighted by Gasteiger charge is -2.23. The highest BCUT2D eigenvalue weighted by Crippen LogP contribution is 2.24. The molecule has 0 unspecified atom stereocenters. The zero-order valence-corrected chi connectivity index (χ0v) is 14.8. The largest absolute Gasteiger partial charge is 0.333 e. The molecule has 1 aromatic carbocycles. The van der Waals surface area contributed by atoms with Crippen molar-refractivity contribution in [3.63, 3.8) is 0 Å². The smallest absolute Gasteiger partial charge is 0.260 e. The Balaban J connectivity index is 1.93. The van der Waals surface area contributed by atoms with E-state index in [0.717, 1.165) is 10.7 Å². The number of hydrogen-bond donors (Lipinski definition) is 0. The molecule has 0 radical (unpaired) electrons. The molecule has 7 heteroatoms. The summed E-state index contributed by atoms with van der Waals surface area (Å²) in [4.78, 5) is 35.1. The fraction of sp³-hybridized carbons (Fsp3) is 0.294. The van der Waals surface area contributed by atoms with Crippen LogP contribution in [0.25, 0.3) is 10.9 Å². The Kier molecular flexibility index (Phi) is 4.19. The zero-order valence-electron chi connectivity index (χ0n) is 14.0. The minimum atomic E-state index is -0.126. The van der Waals surface area contributed by atoms with E-state index >= 15 is 0 Å². The van der Waals surface area contributed by atoms with Crippen LogP contribution in [0.1, 0.15) is 34.0 Å². The van der Waals surface area contributed by atoms with Crippen LogP contribution in [-0.2, 0) is 7.05 Å². The van der Waals surface area contributed by atoms with Crippen LogP contribution >= 0.6 is 11.3 Å². The number of aromatic nitrogens is 3. The van der Waals surface area contributed by atoms with E-state index in [-0.39, 0.29) is 17.5 Å². The molecular formula is C17H18N4O2S. The first-order chi connectivity index (χ1) is 11.4. The van der Waals surface area contributed by atoms with Crippen molar-refractivity contribution in [1.82, 2.24) is 19.4 Å². The van der Waals surface area contributed by atoms with Crippen LogP contribution in [-0.4, -0.2) is 32.4 Å². The summed E-state index contributed by atoms with van der Waals surface area (Å²) in [6.45, 7) is 3.88. The van der Waals surface area contributed by atoms with Gasteiger partial charge in [-0.2, -0.15) is 0 Å². The first kappa shape index (κ1) is 16.3. The van der Waals surface area contributed by atoms with Crippen molar-refractivity contribution >= 4 is 28.1 Å². The molecule has 0 aliphatic carbocycles. The zero-order chi connectivity index (χ0) is 17.4. The van der Waals surface area contributed by atoms with Gasteiger partial charge in [-0.15, -0.1) is 11.3 Å². The van der Waals surface area contributed by atoms with Crippen molar-refractivity contribution < 1.29 is 4.79 Å². The predicted molar refractivity (Wildman–Crippen MR) is 94.3 cm³/mol. The van der Waals surface area contributed by atoms with Gasteiger partial charge in [0.25, 0.3) is 11.5 Å². The van der Waals surface area contributed by atoms with Crippen LogP contribution in [0.2, 0.25) is 0 Å². The lowest BCUT2D eigenvalue weighted by Crippen LogP contribution is -2.29. The average Bonchev–Trinajstić information content (AvgIpc) is 3.02. The number of carbonyl (C=O) groups excluding carboxylic acids is 1. The van der Waals surface area contributed by atoms with E-state index in [9.17, 15) is 9.59 Å². The van der Waals surface area contributed by atoms with Crippen molar-refractivity contribution in [2.24, 2.45) is 7.05 Å². The second kappa shape index (κ2) is 6.16. The summed E-state index contributed by atoms with van der Waals surface area (Å²) in [6, 6.07) is 4.87. The maximum Gasteiger partial charge on any atom is 0.260 e. The molecule has 3 rings (SSSR count). The molecule has 0 spiro atoms. The topological polar surface area (TPSA) is 68.1 Å². The predicted octanol–water partition coefficient (Wildman–Crippen LogP) is 2.53. The van der Waals surface area contributed by atoms with E-state index in [1.54, 1.807) is 48.5 Å². The van der Waals surface area contributed by atoms with Crippen molar-refractivity contribution in [3.05, 3.63) is 56.5 Å². The summed E-state index contributed by atoms with van der Waals surface area (Å²) in [6.07, 6.45) is 1.46. The Bertz CT molecular complexity index is 976. The van der Waals surface area contributed by atoms with E-state index in [1.807, 2.05) is 19.2 Å². The number of aryl methyl sites for hydroxylation is 2. The molecule has 6 nitrogen and oxygen atoms in total. The van der Waals surface area contributed by atoms with Crippen LogP contribution in [0.5, 0.6) is 0 Å². The molecular weight excluding hydrogens is 324 g/mol. The van der Waals surface area contributed by atoms with Crippen LogP contribution in [0.4, 0.5) is 0 Å². The third-order valence-electron chi connectivity index (χ3n) is 4.06. The number of nitrogens with zero attached hydrogens (tertiary/aromatic N) is 4. The maximum atomic E-state index is 12.8. The van der Waals surface area contributed by atoms with Gasteiger partial charge in [0.15, 0.2) is 0 Å². The molecule has 1 atom stereocenters. The summed E-state index contributed by atoms with van der Waals surface area (Å²) in [5.74, 6) is -0.125. The third-order valence-corrected chi connectivity index (χ3v) is 5.19.